The summed E-state index contributed by atoms with van der Waals surface area (Å²) in [7, 11) is 0. The van der Waals surface area contributed by atoms with Gasteiger partial charge >= 0.3 is 17.6 Å². The average molecular weight is 372 g/mol. The highest BCUT2D eigenvalue weighted by molar-refractivity contribution is 6.08. The molecule has 0 aliphatic rings. The highest BCUT2D eigenvalue weighted by Crippen LogP contribution is 2.36. The predicted octanol–water partition coefficient (Wildman–Crippen LogP) is 2.65. The maximum absolute atomic E-state index is 12.2. The maximum atomic E-state index is 12.2. The molecule has 0 aliphatic heterocycles. The normalized spacial score (nSPS) is 13.3. The molecule has 1 heterocycles. The summed E-state index contributed by atoms with van der Waals surface area (Å²) in [5.74, 6) is -2.19. The van der Waals surface area contributed by atoms with Crippen molar-refractivity contribution in [3.05, 3.63) is 46.8 Å². The summed E-state index contributed by atoms with van der Waals surface area (Å²) < 4.78 is 16.2. The number of fused-ring (bicyclic) bond motifs is 3. The Labute approximate surface area is 152 Å². The predicted molar refractivity (Wildman–Crippen MR) is 95.4 cm³/mol. The van der Waals surface area contributed by atoms with Crippen LogP contribution in [0.25, 0.3) is 21.7 Å². The van der Waals surface area contributed by atoms with E-state index in [1.165, 1.54) is 26.0 Å². The zero-order chi connectivity index (χ0) is 19.7. The first kappa shape index (κ1) is 18.2. The molecule has 3 rings (SSSR count). The van der Waals surface area contributed by atoms with Crippen molar-refractivity contribution in [2.24, 2.45) is 0 Å². The molecule has 3 aromatic rings. The first-order valence-electron chi connectivity index (χ1n) is 8.06. The Balaban J connectivity index is 2.28. The fraction of sp³-hybridized carbons (Fsp3) is 0.211. The number of carboxylic acid groups (broad SMARTS) is 2. The Kier molecular flexibility index (Phi) is 4.72. The molecule has 2 N–H and O–H groups in total. The van der Waals surface area contributed by atoms with Gasteiger partial charge < -0.3 is 24.1 Å². The average Bonchev–Trinajstić information content (AvgIpc) is 2.61. The van der Waals surface area contributed by atoms with E-state index in [0.29, 0.717) is 16.2 Å². The Morgan fingerprint density at radius 2 is 1.56 bits per heavy atom. The molecule has 140 valence electrons. The van der Waals surface area contributed by atoms with Gasteiger partial charge in [-0.2, -0.15) is 0 Å². The van der Waals surface area contributed by atoms with Gasteiger partial charge in [0.1, 0.15) is 17.1 Å². The molecule has 0 unspecified atom stereocenters. The first-order chi connectivity index (χ1) is 12.8. The van der Waals surface area contributed by atoms with Crippen molar-refractivity contribution in [2.75, 3.05) is 0 Å². The van der Waals surface area contributed by atoms with E-state index in [1.54, 1.807) is 24.3 Å². The topological polar surface area (TPSA) is 123 Å². The highest BCUT2D eigenvalue weighted by atomic mass is 16.5. The van der Waals surface area contributed by atoms with Crippen molar-refractivity contribution in [3.63, 3.8) is 0 Å². The molecule has 0 aliphatic carbocycles. The van der Waals surface area contributed by atoms with Gasteiger partial charge in [-0.25, -0.2) is 14.4 Å². The van der Waals surface area contributed by atoms with Crippen LogP contribution in [0.5, 0.6) is 11.5 Å². The lowest BCUT2D eigenvalue weighted by Gasteiger charge is -2.16. The lowest BCUT2D eigenvalue weighted by atomic mass is 10.1. The zero-order valence-electron chi connectivity index (χ0n) is 14.5. The molecule has 0 bridgehead atoms. The summed E-state index contributed by atoms with van der Waals surface area (Å²) in [6.07, 6.45) is -2.36. The number of benzene rings is 2. The third kappa shape index (κ3) is 3.55. The summed E-state index contributed by atoms with van der Waals surface area (Å²) >= 11 is 0. The van der Waals surface area contributed by atoms with Crippen LogP contribution >= 0.6 is 0 Å². The van der Waals surface area contributed by atoms with Crippen LogP contribution in [0.4, 0.5) is 0 Å². The van der Waals surface area contributed by atoms with E-state index in [9.17, 15) is 14.4 Å². The van der Waals surface area contributed by atoms with E-state index in [2.05, 4.69) is 0 Å². The van der Waals surface area contributed by atoms with E-state index in [0.717, 1.165) is 0 Å². The molecular formula is C19H16O8. The Morgan fingerprint density at radius 1 is 0.963 bits per heavy atom. The zero-order valence-corrected chi connectivity index (χ0v) is 14.5. The van der Waals surface area contributed by atoms with E-state index in [4.69, 9.17) is 24.1 Å². The van der Waals surface area contributed by atoms with Crippen LogP contribution in [0.2, 0.25) is 0 Å². The molecule has 1 aromatic heterocycles. The summed E-state index contributed by atoms with van der Waals surface area (Å²) in [6, 6.07) is 9.43. The van der Waals surface area contributed by atoms with Crippen molar-refractivity contribution < 1.29 is 33.7 Å². The molecule has 2 aromatic carbocycles. The highest BCUT2D eigenvalue weighted by Gasteiger charge is 2.21. The van der Waals surface area contributed by atoms with E-state index in [1.807, 2.05) is 0 Å². The summed E-state index contributed by atoms with van der Waals surface area (Å²) in [5, 5.41) is 19.4. The smallest absolute Gasteiger partial charge is 0.344 e. The fourth-order valence-electron chi connectivity index (χ4n) is 2.60. The van der Waals surface area contributed by atoms with Gasteiger partial charge in [0.2, 0.25) is 0 Å². The van der Waals surface area contributed by atoms with Crippen LogP contribution in [0.1, 0.15) is 13.8 Å². The minimum absolute atomic E-state index is 0.0726. The van der Waals surface area contributed by atoms with Gasteiger partial charge in [-0.15, -0.1) is 0 Å². The van der Waals surface area contributed by atoms with Gasteiger partial charge in [-0.05, 0) is 19.9 Å². The fourth-order valence-corrected chi connectivity index (χ4v) is 2.60. The standard InChI is InChI=1S/C19H16O8/c1-9(17(20)21)25-11-7-14(26-10(2)18(22)23)16-12-5-3-4-6-13(12)19(24)27-15(16)8-11/h3-10H,1-2H3,(H,20,21)(H,22,23)/t9-,10+/m0/s1. The van der Waals surface area contributed by atoms with Crippen LogP contribution < -0.4 is 15.1 Å². The van der Waals surface area contributed by atoms with Crippen LogP contribution in [-0.2, 0) is 9.59 Å². The second-order valence-corrected chi connectivity index (χ2v) is 5.93. The van der Waals surface area contributed by atoms with E-state index in [-0.39, 0.29) is 17.1 Å². The lowest BCUT2D eigenvalue weighted by Crippen LogP contribution is -2.24. The first-order valence-corrected chi connectivity index (χ1v) is 8.06. The monoisotopic (exact) mass is 372 g/mol. The van der Waals surface area contributed by atoms with Gasteiger partial charge in [0.05, 0.1) is 10.8 Å². The number of hydrogen-bond donors (Lipinski definition) is 2. The molecule has 0 radical (unpaired) electrons. The van der Waals surface area contributed by atoms with E-state index < -0.39 is 29.8 Å². The molecule has 0 saturated heterocycles. The van der Waals surface area contributed by atoms with Gasteiger partial charge in [0, 0.05) is 17.5 Å². The van der Waals surface area contributed by atoms with Gasteiger partial charge in [0.15, 0.2) is 12.2 Å². The third-order valence-corrected chi connectivity index (χ3v) is 3.97. The van der Waals surface area contributed by atoms with Gasteiger partial charge in [-0.3, -0.25) is 0 Å². The second kappa shape index (κ2) is 6.99. The molecule has 0 amide bonds. The summed E-state index contributed by atoms with van der Waals surface area (Å²) in [5.41, 5.74) is -0.486. The molecular weight excluding hydrogens is 356 g/mol. The number of hydrogen-bond acceptors (Lipinski definition) is 6. The Bertz CT molecular complexity index is 1100. The Morgan fingerprint density at radius 3 is 2.19 bits per heavy atom. The molecule has 8 nitrogen and oxygen atoms in total. The number of ether oxygens (including phenoxy) is 2. The summed E-state index contributed by atoms with van der Waals surface area (Å²) in [6.45, 7) is 2.69. The van der Waals surface area contributed by atoms with Crippen molar-refractivity contribution in [1.82, 2.24) is 0 Å². The quantitative estimate of drug-likeness (QED) is 0.500. The number of rotatable bonds is 6. The summed E-state index contributed by atoms with van der Waals surface area (Å²) in [4.78, 5) is 34.5. The maximum Gasteiger partial charge on any atom is 0.344 e. The number of carboxylic acids is 2. The Hall–Kier alpha value is -3.55. The molecule has 0 saturated carbocycles. The van der Waals surface area contributed by atoms with Crippen LogP contribution in [0.15, 0.2) is 45.6 Å². The molecule has 0 spiro atoms. The molecule has 0 fully saturated rings. The van der Waals surface area contributed by atoms with E-state index >= 15 is 0 Å². The molecule has 8 heteroatoms. The van der Waals surface area contributed by atoms with Crippen molar-refractivity contribution in [3.8, 4) is 11.5 Å². The second-order valence-electron chi connectivity index (χ2n) is 5.93. The van der Waals surface area contributed by atoms with Crippen molar-refractivity contribution in [2.45, 2.75) is 26.1 Å². The molecule has 2 atom stereocenters. The van der Waals surface area contributed by atoms with Crippen LogP contribution in [-0.4, -0.2) is 34.4 Å². The third-order valence-electron chi connectivity index (χ3n) is 3.97. The largest absolute Gasteiger partial charge is 0.479 e. The van der Waals surface area contributed by atoms with Crippen molar-refractivity contribution >= 4 is 33.7 Å². The SMILES string of the molecule is C[C@H](Oc1cc(O[C@H](C)C(=O)O)c2c(c1)oc(=O)c1ccccc12)C(=O)O. The lowest BCUT2D eigenvalue weighted by molar-refractivity contribution is -0.144. The van der Waals surface area contributed by atoms with Crippen molar-refractivity contribution in [1.29, 1.82) is 0 Å². The van der Waals surface area contributed by atoms with Crippen LogP contribution in [0.3, 0.4) is 0 Å². The van der Waals surface area contributed by atoms with Gasteiger partial charge in [-0.1, -0.05) is 18.2 Å². The number of aliphatic carboxylic acids is 2. The van der Waals surface area contributed by atoms with Gasteiger partial charge in [0.25, 0.3) is 0 Å². The number of carbonyl (C=O) groups is 2. The molecule has 27 heavy (non-hydrogen) atoms. The minimum Gasteiger partial charge on any atom is -0.479 e. The van der Waals surface area contributed by atoms with Crippen LogP contribution in [0, 0.1) is 0 Å². The minimum atomic E-state index is -1.19.